The molecule has 0 saturated carbocycles. The van der Waals surface area contributed by atoms with Crippen molar-refractivity contribution < 1.29 is 118 Å². The molecule has 178 valence electrons. The fraction of sp³-hybridized carbons (Fsp3) is 0.400. The predicted molar refractivity (Wildman–Crippen MR) is 77.4 cm³/mol. The Morgan fingerprint density at radius 3 is 1.35 bits per heavy atom. The first kappa shape index (κ1) is 43.5. The number of rotatable bonds is 7. The number of carboxylic acid groups (broad SMARTS) is 2. The third-order valence-corrected chi connectivity index (χ3v) is 1.58. The van der Waals surface area contributed by atoms with E-state index in [1.54, 1.807) is 0 Å². The van der Waals surface area contributed by atoms with Gasteiger partial charge in [0.25, 0.3) is 11.8 Å². The Hall–Kier alpha value is -1.41. The van der Waals surface area contributed by atoms with Gasteiger partial charge in [-0.1, -0.05) is 0 Å². The molecule has 2 unspecified atom stereocenters. The van der Waals surface area contributed by atoms with Gasteiger partial charge in [-0.25, -0.2) is 9.59 Å². The van der Waals surface area contributed by atoms with Gasteiger partial charge in [-0.15, -0.1) is 0 Å². The summed E-state index contributed by atoms with van der Waals surface area (Å²) in [5.74, 6) is -4.80. The number of hydrogen-bond donors (Lipinski definition) is 8. The summed E-state index contributed by atoms with van der Waals surface area (Å²) < 4.78 is 34.5. The van der Waals surface area contributed by atoms with Crippen LogP contribution in [-0.4, -0.2) is 87.8 Å². The summed E-state index contributed by atoms with van der Waals surface area (Å²) in [4.78, 5) is 57.8. The van der Waals surface area contributed by atoms with Crippen molar-refractivity contribution in [1.29, 1.82) is 0 Å². The average Bonchev–Trinajstić information content (AvgIpc) is 2.60. The van der Waals surface area contributed by atoms with Crippen LogP contribution < -0.4 is 85.5 Å². The second kappa shape index (κ2) is 26.6. The van der Waals surface area contributed by atoms with Crippen LogP contribution >= 0.6 is 0 Å². The van der Waals surface area contributed by atoms with E-state index in [-0.39, 0.29) is 60.9 Å². The van der Waals surface area contributed by atoms with E-state index in [1.807, 2.05) is 5.32 Å². The van der Waals surface area contributed by atoms with Crippen LogP contribution in [0, 0.1) is 0 Å². The maximum atomic E-state index is 10.6. The van der Waals surface area contributed by atoms with E-state index in [0.717, 1.165) is 0 Å². The number of amides is 2. The van der Waals surface area contributed by atoms with E-state index in [1.165, 1.54) is 0 Å². The number of hydrogen-bond acceptors (Lipinski definition) is 14. The molecule has 0 aliphatic rings. The number of carbonyl (C=O) groups is 6. The van der Waals surface area contributed by atoms with Gasteiger partial charge in [-0.3, -0.25) is 32.9 Å². The van der Waals surface area contributed by atoms with Crippen molar-refractivity contribution in [3.05, 3.63) is 0 Å². The van der Waals surface area contributed by atoms with Crippen LogP contribution in [-0.2, 0) is 28.8 Å². The largest absolute Gasteiger partial charge is 1.00 e. The molecule has 12 N–H and O–H groups in total. The van der Waals surface area contributed by atoms with E-state index in [4.69, 9.17) is 55.2 Å². The molecule has 0 heterocycles. The van der Waals surface area contributed by atoms with Crippen LogP contribution in [0.2, 0.25) is 0 Å². The van der Waals surface area contributed by atoms with Gasteiger partial charge >= 0.3 is 41.5 Å². The third-order valence-electron chi connectivity index (χ3n) is 1.58. The summed E-state index contributed by atoms with van der Waals surface area (Å²) in [6.45, 7) is -0.222. The molecule has 0 bridgehead atoms. The number of aliphatic carboxylic acids is 2. The van der Waals surface area contributed by atoms with Crippen LogP contribution in [0.5, 0.6) is 0 Å². The normalized spacial score (nSPS) is 10.5. The van der Waals surface area contributed by atoms with Gasteiger partial charge in [0.15, 0.2) is 12.2 Å². The van der Waals surface area contributed by atoms with Gasteiger partial charge in [0.05, 0.1) is 13.3 Å². The molecular formula is C10H20IN4NaO15. The molecule has 0 aliphatic carbocycles. The number of carbonyl (C=O) groups excluding carboxylic acids is 4. The van der Waals surface area contributed by atoms with Gasteiger partial charge in [0.2, 0.25) is 12.6 Å². The smallest absolute Gasteiger partial charge is 0.479 e. The quantitative estimate of drug-likeness (QED) is 0.0451. The van der Waals surface area contributed by atoms with E-state index in [0.29, 0.717) is 0 Å². The summed E-state index contributed by atoms with van der Waals surface area (Å²) >= 11 is -5.94. The molecule has 0 saturated heterocycles. The first-order valence-corrected chi connectivity index (χ1v) is 9.90. The predicted octanol–water partition coefficient (Wildman–Crippen LogP) is -17.3. The summed E-state index contributed by atoms with van der Waals surface area (Å²) in [7, 11) is 0. The molecule has 21 heteroatoms. The standard InChI is InChI=1S/C5H10N2O5.C3H6N2O2.C2H2O3.IO4.Na.H2O/c6-1-7-4(10)2(8)3(9)5(11)12;4-2-5-3(7)1-6;3-1-2(4)5;2-1(3,4)5;;/h2-3,8-9H,1,6H2,(H,7,10)(H,11,12);1H,2,4H2,(H,5,7);1H,(H,4,5);;;1H2/q;;;-1;+1;. The topological polar surface area (TPSA) is 383 Å². The monoisotopic (exact) mass is 586 g/mol. The molecule has 19 nitrogen and oxygen atoms in total. The van der Waals surface area contributed by atoms with E-state index >= 15 is 0 Å². The fourth-order valence-corrected chi connectivity index (χ4v) is 0.626. The first-order valence-electron chi connectivity index (χ1n) is 6.38. The molecule has 0 aromatic heterocycles. The number of carboxylic acids is 2. The van der Waals surface area contributed by atoms with Crippen molar-refractivity contribution in [2.24, 2.45) is 11.5 Å². The zero-order chi connectivity index (χ0) is 24.2. The minimum absolute atomic E-state index is 0. The van der Waals surface area contributed by atoms with Crippen LogP contribution in [0.25, 0.3) is 0 Å². The molecule has 0 aliphatic heterocycles. The summed E-state index contributed by atoms with van der Waals surface area (Å²) in [5.41, 5.74) is 9.69. The molecule has 0 radical (unpaired) electrons. The number of halogens is 1. The van der Waals surface area contributed by atoms with E-state index in [9.17, 15) is 19.2 Å². The number of nitrogens with two attached hydrogens (primary N) is 2. The second-order valence-electron chi connectivity index (χ2n) is 3.67. The van der Waals surface area contributed by atoms with Gasteiger partial charge < -0.3 is 48.0 Å². The van der Waals surface area contributed by atoms with Gasteiger partial charge in [0.1, 0.15) is 20.1 Å². The Bertz CT molecular complexity index is 526. The molecule has 0 aromatic carbocycles. The molecule has 0 rings (SSSR count). The third kappa shape index (κ3) is 47.7. The number of aldehydes is 2. The molecular weight excluding hydrogens is 566 g/mol. The van der Waals surface area contributed by atoms with Crippen molar-refractivity contribution in [2.75, 3.05) is 13.3 Å². The maximum Gasteiger partial charge on any atom is 1.00 e. The van der Waals surface area contributed by atoms with Gasteiger partial charge in [-0.2, -0.15) is 0 Å². The minimum Gasteiger partial charge on any atom is -0.479 e. The van der Waals surface area contributed by atoms with Crippen LogP contribution in [0.3, 0.4) is 0 Å². The SMILES string of the molecule is NCNC(=O)C(O)C(O)C(=O)O.NCNC(=O)C=O.O.O=CC(=O)O.[Na+].[O-][I+3]([O-])([O-])[O-]. The molecule has 2 amide bonds. The van der Waals surface area contributed by atoms with Crippen molar-refractivity contribution in [1.82, 2.24) is 10.6 Å². The molecule has 0 aromatic rings. The van der Waals surface area contributed by atoms with Crippen molar-refractivity contribution >= 4 is 36.3 Å². The first-order chi connectivity index (χ1) is 13.1. The van der Waals surface area contributed by atoms with E-state index < -0.39 is 56.1 Å². The van der Waals surface area contributed by atoms with Crippen molar-refractivity contribution in [3.8, 4) is 0 Å². The summed E-state index contributed by atoms with van der Waals surface area (Å²) in [6.07, 6.45) is -4.12. The van der Waals surface area contributed by atoms with Crippen molar-refractivity contribution in [3.63, 3.8) is 0 Å². The Morgan fingerprint density at radius 2 is 1.19 bits per heavy atom. The Labute approximate surface area is 201 Å². The van der Waals surface area contributed by atoms with Crippen LogP contribution in [0.4, 0.5) is 0 Å². The summed E-state index contributed by atoms with van der Waals surface area (Å²) in [6, 6.07) is 0. The van der Waals surface area contributed by atoms with Crippen LogP contribution in [0.15, 0.2) is 0 Å². The zero-order valence-electron chi connectivity index (χ0n) is 15.6. The minimum atomic E-state index is -5.94. The molecule has 31 heavy (non-hydrogen) atoms. The van der Waals surface area contributed by atoms with Crippen molar-refractivity contribution in [2.45, 2.75) is 12.2 Å². The number of aliphatic hydroxyl groups is 2. The van der Waals surface area contributed by atoms with Gasteiger partial charge in [-0.05, 0) is 0 Å². The Morgan fingerprint density at radius 1 is 0.871 bits per heavy atom. The Kier molecular flexibility index (Phi) is 37.3. The second-order valence-corrected chi connectivity index (χ2v) is 5.83. The fourth-order valence-electron chi connectivity index (χ4n) is 0.626. The molecule has 0 fully saturated rings. The molecule has 0 spiro atoms. The number of aliphatic hydroxyl groups excluding tert-OH is 2. The van der Waals surface area contributed by atoms with E-state index in [2.05, 4.69) is 5.32 Å². The average molecular weight is 586 g/mol. The Balaban J connectivity index is -0.0000000710. The zero-order valence-corrected chi connectivity index (χ0v) is 19.8. The van der Waals surface area contributed by atoms with Crippen LogP contribution in [0.1, 0.15) is 0 Å². The molecule has 2 atom stereocenters. The number of nitrogens with one attached hydrogen (secondary N) is 2. The summed E-state index contributed by atoms with van der Waals surface area (Å²) in [5, 5.41) is 36.9. The van der Waals surface area contributed by atoms with Gasteiger partial charge in [0, 0.05) is 0 Å². The maximum absolute atomic E-state index is 10.6.